The molecule has 0 saturated carbocycles. The Labute approximate surface area is 177 Å². The smallest absolute Gasteiger partial charge is 0.390 e. The van der Waals surface area contributed by atoms with Crippen LogP contribution in [0.4, 0.5) is 22.4 Å². The number of halogens is 4. The summed E-state index contributed by atoms with van der Waals surface area (Å²) in [5, 5.41) is 6.79. The van der Waals surface area contributed by atoms with Gasteiger partial charge in [0.25, 0.3) is 0 Å². The van der Waals surface area contributed by atoms with Crippen LogP contribution in [0.25, 0.3) is 0 Å². The summed E-state index contributed by atoms with van der Waals surface area (Å²) >= 11 is 0. The quantitative estimate of drug-likeness (QED) is 0.650. The number of rotatable bonds is 6. The van der Waals surface area contributed by atoms with Crippen LogP contribution in [0.1, 0.15) is 37.0 Å². The van der Waals surface area contributed by atoms with E-state index in [0.29, 0.717) is 23.3 Å². The van der Waals surface area contributed by atoms with Crippen LogP contribution in [0.15, 0.2) is 53.7 Å². The first-order valence-corrected chi connectivity index (χ1v) is 9.82. The number of urea groups is 1. The highest BCUT2D eigenvalue weighted by molar-refractivity contribution is 6.01. The number of carbonyl (C=O) groups excluding carboxylic acids is 1. The van der Waals surface area contributed by atoms with Crippen LogP contribution in [0, 0.1) is 5.82 Å². The van der Waals surface area contributed by atoms with Gasteiger partial charge in [0.15, 0.2) is 6.10 Å². The molecular weight excluding hydrogens is 414 g/mol. The first-order valence-electron chi connectivity index (χ1n) is 9.82. The molecule has 5 nitrogen and oxygen atoms in total. The molecule has 1 heterocycles. The Kier molecular flexibility index (Phi) is 6.82. The number of nitrogens with zero attached hydrogens (tertiary/aromatic N) is 2. The summed E-state index contributed by atoms with van der Waals surface area (Å²) in [5.41, 5.74) is 0.910. The van der Waals surface area contributed by atoms with Gasteiger partial charge in [0.2, 0.25) is 0 Å². The average Bonchev–Trinajstić information content (AvgIpc) is 3.15. The molecule has 0 fully saturated rings. The van der Waals surface area contributed by atoms with Crippen molar-refractivity contribution >= 4 is 11.7 Å². The van der Waals surface area contributed by atoms with Crippen molar-refractivity contribution < 1.29 is 27.2 Å². The number of amides is 2. The molecular formula is C22H23F4N3O2. The lowest BCUT2D eigenvalue weighted by molar-refractivity contribution is -0.137. The van der Waals surface area contributed by atoms with Crippen molar-refractivity contribution in [1.82, 2.24) is 10.2 Å². The van der Waals surface area contributed by atoms with E-state index >= 15 is 0 Å². The molecule has 0 unspecified atom stereocenters. The second-order valence-corrected chi connectivity index (χ2v) is 7.66. The largest absolute Gasteiger partial charge is 0.416 e. The fourth-order valence-corrected chi connectivity index (χ4v) is 3.21. The lowest BCUT2D eigenvalue weighted by atomic mass is 10.0. The first kappa shape index (κ1) is 22.6. The van der Waals surface area contributed by atoms with Gasteiger partial charge in [0.1, 0.15) is 5.82 Å². The van der Waals surface area contributed by atoms with Crippen LogP contribution in [-0.2, 0) is 17.6 Å². The van der Waals surface area contributed by atoms with Gasteiger partial charge in [-0.05, 0) is 49.2 Å². The lowest BCUT2D eigenvalue weighted by Crippen LogP contribution is -2.45. The third kappa shape index (κ3) is 6.19. The summed E-state index contributed by atoms with van der Waals surface area (Å²) in [5.74, 6) is -0.363. The fraction of sp³-hybridized carbons (Fsp3) is 0.364. The van der Waals surface area contributed by atoms with E-state index in [2.05, 4.69) is 10.5 Å². The highest BCUT2D eigenvalue weighted by atomic mass is 19.4. The minimum absolute atomic E-state index is 0.0196. The Balaban J connectivity index is 1.71. The third-order valence-corrected chi connectivity index (χ3v) is 4.66. The molecule has 2 aromatic rings. The SMILES string of the molecule is CC(C)NC(=O)N(Cc1cccc(C(F)(F)F)c1)C[C@H]1CC(c2ccc(F)cc2)=NO1. The number of alkyl halides is 3. The molecule has 0 radical (unpaired) electrons. The van der Waals surface area contributed by atoms with Crippen molar-refractivity contribution in [2.45, 2.75) is 45.1 Å². The van der Waals surface area contributed by atoms with Gasteiger partial charge in [-0.3, -0.25) is 0 Å². The highest BCUT2D eigenvalue weighted by Gasteiger charge is 2.31. The number of oxime groups is 1. The maximum atomic E-state index is 13.1. The van der Waals surface area contributed by atoms with Gasteiger partial charge in [0, 0.05) is 19.0 Å². The van der Waals surface area contributed by atoms with Gasteiger partial charge in [-0.1, -0.05) is 29.4 Å². The maximum Gasteiger partial charge on any atom is 0.416 e. The Morgan fingerprint density at radius 1 is 1.23 bits per heavy atom. The molecule has 1 aliphatic heterocycles. The number of nitrogens with one attached hydrogen (secondary N) is 1. The molecule has 2 aromatic carbocycles. The fourth-order valence-electron chi connectivity index (χ4n) is 3.21. The van der Waals surface area contributed by atoms with Gasteiger partial charge in [-0.2, -0.15) is 13.2 Å². The Bertz CT molecular complexity index is 943. The second-order valence-electron chi connectivity index (χ2n) is 7.66. The minimum atomic E-state index is -4.46. The monoisotopic (exact) mass is 437 g/mol. The average molecular weight is 437 g/mol. The van der Waals surface area contributed by atoms with E-state index in [4.69, 9.17) is 4.84 Å². The molecule has 0 aliphatic carbocycles. The van der Waals surface area contributed by atoms with Crippen LogP contribution in [-0.4, -0.2) is 35.3 Å². The van der Waals surface area contributed by atoms with E-state index < -0.39 is 23.9 Å². The molecule has 3 rings (SSSR count). The zero-order valence-corrected chi connectivity index (χ0v) is 17.1. The van der Waals surface area contributed by atoms with Crippen molar-refractivity contribution in [2.75, 3.05) is 6.54 Å². The van der Waals surface area contributed by atoms with E-state index in [-0.39, 0.29) is 24.9 Å². The van der Waals surface area contributed by atoms with Gasteiger partial charge in [-0.15, -0.1) is 0 Å². The molecule has 1 aliphatic rings. The number of benzene rings is 2. The van der Waals surface area contributed by atoms with Crippen LogP contribution in [0.5, 0.6) is 0 Å². The van der Waals surface area contributed by atoms with E-state index in [0.717, 1.165) is 12.1 Å². The normalized spacial score (nSPS) is 16.1. The number of hydrogen-bond donors (Lipinski definition) is 1. The summed E-state index contributed by atoms with van der Waals surface area (Å²) in [7, 11) is 0. The molecule has 1 N–H and O–H groups in total. The summed E-state index contributed by atoms with van der Waals surface area (Å²) in [6.07, 6.45) is -4.54. The molecule has 0 saturated heterocycles. The molecule has 31 heavy (non-hydrogen) atoms. The topological polar surface area (TPSA) is 53.9 Å². The number of hydrogen-bond acceptors (Lipinski definition) is 3. The van der Waals surface area contributed by atoms with Crippen molar-refractivity contribution in [3.63, 3.8) is 0 Å². The van der Waals surface area contributed by atoms with Crippen LogP contribution in [0.2, 0.25) is 0 Å². The summed E-state index contributed by atoms with van der Waals surface area (Å²) in [4.78, 5) is 19.5. The summed E-state index contributed by atoms with van der Waals surface area (Å²) in [6, 6.07) is 10.1. The predicted molar refractivity (Wildman–Crippen MR) is 108 cm³/mol. The first-order chi connectivity index (χ1) is 14.6. The predicted octanol–water partition coefficient (Wildman–Crippen LogP) is 4.96. The zero-order valence-electron chi connectivity index (χ0n) is 17.1. The summed E-state index contributed by atoms with van der Waals surface area (Å²) in [6.45, 7) is 3.70. The molecule has 0 spiro atoms. The van der Waals surface area contributed by atoms with Crippen molar-refractivity contribution in [3.8, 4) is 0 Å². The van der Waals surface area contributed by atoms with Crippen LogP contribution >= 0.6 is 0 Å². The van der Waals surface area contributed by atoms with Gasteiger partial charge >= 0.3 is 12.2 Å². The van der Waals surface area contributed by atoms with Crippen molar-refractivity contribution in [2.24, 2.45) is 5.16 Å². The zero-order chi connectivity index (χ0) is 22.6. The Hall–Kier alpha value is -3.10. The van der Waals surface area contributed by atoms with Crippen LogP contribution < -0.4 is 5.32 Å². The lowest BCUT2D eigenvalue weighted by Gasteiger charge is -2.26. The van der Waals surface area contributed by atoms with Gasteiger partial charge in [0.05, 0.1) is 17.8 Å². The molecule has 0 bridgehead atoms. The maximum absolute atomic E-state index is 13.1. The van der Waals surface area contributed by atoms with Gasteiger partial charge < -0.3 is 15.1 Å². The molecule has 9 heteroatoms. The third-order valence-electron chi connectivity index (χ3n) is 4.66. The van der Waals surface area contributed by atoms with E-state index in [1.54, 1.807) is 32.0 Å². The van der Waals surface area contributed by atoms with Crippen molar-refractivity contribution in [1.29, 1.82) is 0 Å². The minimum Gasteiger partial charge on any atom is -0.390 e. The molecule has 1 atom stereocenters. The van der Waals surface area contributed by atoms with Crippen LogP contribution in [0.3, 0.4) is 0 Å². The van der Waals surface area contributed by atoms with E-state index in [9.17, 15) is 22.4 Å². The second kappa shape index (κ2) is 9.36. The highest BCUT2D eigenvalue weighted by Crippen LogP contribution is 2.30. The molecule has 2 amide bonds. The van der Waals surface area contributed by atoms with Gasteiger partial charge in [-0.25, -0.2) is 9.18 Å². The number of carbonyl (C=O) groups is 1. The van der Waals surface area contributed by atoms with E-state index in [1.807, 2.05) is 0 Å². The molecule has 0 aromatic heterocycles. The molecule has 166 valence electrons. The Morgan fingerprint density at radius 2 is 1.94 bits per heavy atom. The summed E-state index contributed by atoms with van der Waals surface area (Å²) < 4.78 is 52.3. The Morgan fingerprint density at radius 3 is 2.58 bits per heavy atom. The standard InChI is InChI=1S/C22H23F4N3O2/c1-14(2)27-21(30)29(12-15-4-3-5-17(10-15)22(24,25)26)13-19-11-20(28-31-19)16-6-8-18(23)9-7-16/h3-10,14,19H,11-13H2,1-2H3,(H,27,30)/t19-/m1/s1. The van der Waals surface area contributed by atoms with Crippen molar-refractivity contribution in [3.05, 3.63) is 71.0 Å². The van der Waals surface area contributed by atoms with E-state index in [1.165, 1.54) is 23.1 Å².